The van der Waals surface area contributed by atoms with Crippen molar-refractivity contribution in [3.63, 3.8) is 0 Å². The lowest BCUT2D eigenvalue weighted by Gasteiger charge is -2.27. The Labute approximate surface area is 88.4 Å². The minimum Gasteiger partial charge on any atom is -0.351 e. The minimum absolute atomic E-state index is 0.0654. The number of rotatable bonds is 3. The molecule has 1 heterocycles. The summed E-state index contributed by atoms with van der Waals surface area (Å²) in [5, 5.41) is 0. The number of halogens is 1. The van der Waals surface area contributed by atoms with Crippen LogP contribution in [0.1, 0.15) is 26.7 Å². The van der Waals surface area contributed by atoms with E-state index in [2.05, 4.69) is 35.9 Å². The minimum atomic E-state index is -0.0654. The van der Waals surface area contributed by atoms with Gasteiger partial charge in [-0.15, -0.1) is 0 Å². The van der Waals surface area contributed by atoms with Gasteiger partial charge >= 0.3 is 0 Å². The van der Waals surface area contributed by atoms with Crippen molar-refractivity contribution >= 4 is 15.9 Å². The first-order chi connectivity index (χ1) is 6.20. The van der Waals surface area contributed by atoms with E-state index >= 15 is 0 Å². The van der Waals surface area contributed by atoms with E-state index in [0.29, 0.717) is 11.4 Å². The summed E-state index contributed by atoms with van der Waals surface area (Å²) in [6.45, 7) is 5.60. The van der Waals surface area contributed by atoms with Gasteiger partial charge in [0.15, 0.2) is 6.29 Å². The van der Waals surface area contributed by atoms with Crippen LogP contribution in [0.4, 0.5) is 0 Å². The quantitative estimate of drug-likeness (QED) is 0.565. The summed E-state index contributed by atoms with van der Waals surface area (Å²) < 4.78 is 11.0. The summed E-state index contributed by atoms with van der Waals surface area (Å²) in [6, 6.07) is 0. The summed E-state index contributed by atoms with van der Waals surface area (Å²) >= 11 is 3.55. The van der Waals surface area contributed by atoms with Crippen LogP contribution in [0.5, 0.6) is 0 Å². The molecule has 13 heavy (non-hydrogen) atoms. The van der Waals surface area contributed by atoms with Gasteiger partial charge in [0, 0.05) is 6.61 Å². The second kappa shape index (κ2) is 5.78. The summed E-state index contributed by atoms with van der Waals surface area (Å²) in [4.78, 5) is 0.354. The maximum Gasteiger partial charge on any atom is 0.170 e. The van der Waals surface area contributed by atoms with Crippen molar-refractivity contribution in [3.05, 3.63) is 11.6 Å². The van der Waals surface area contributed by atoms with Gasteiger partial charge in [-0.25, -0.2) is 0 Å². The number of alkyl halides is 1. The largest absolute Gasteiger partial charge is 0.351 e. The molecule has 1 aliphatic rings. The molecule has 1 aliphatic heterocycles. The molecule has 2 nitrogen and oxygen atoms in total. The third kappa shape index (κ3) is 4.25. The second-order valence-electron chi connectivity index (χ2n) is 3.51. The fourth-order valence-electron chi connectivity index (χ4n) is 1.18. The van der Waals surface area contributed by atoms with Gasteiger partial charge in [0.25, 0.3) is 0 Å². The maximum absolute atomic E-state index is 5.56. The molecule has 1 saturated heterocycles. The first-order valence-electron chi connectivity index (χ1n) is 4.71. The molecule has 0 unspecified atom stereocenters. The smallest absolute Gasteiger partial charge is 0.170 e. The molecule has 3 heteroatoms. The average molecular weight is 249 g/mol. The molecule has 0 saturated carbocycles. The first kappa shape index (κ1) is 11.2. The fourth-order valence-corrected chi connectivity index (χ4v) is 1.81. The predicted molar refractivity (Wildman–Crippen MR) is 57.1 cm³/mol. The van der Waals surface area contributed by atoms with E-state index in [9.17, 15) is 0 Å². The molecule has 0 radical (unpaired) electrons. The van der Waals surface area contributed by atoms with Gasteiger partial charge in [-0.2, -0.15) is 0 Å². The molecule has 0 bridgehead atoms. The number of ether oxygens (including phenoxy) is 2. The molecule has 0 aliphatic carbocycles. The normalized spacial score (nSPS) is 28.5. The molecular weight excluding hydrogens is 232 g/mol. The Balaban J connectivity index is 2.23. The lowest BCUT2D eigenvalue weighted by molar-refractivity contribution is -0.149. The molecule has 1 fully saturated rings. The van der Waals surface area contributed by atoms with Crippen molar-refractivity contribution in [2.75, 3.05) is 13.2 Å². The number of allylic oxidation sites excluding steroid dienone is 1. The molecule has 0 amide bonds. The van der Waals surface area contributed by atoms with E-state index < -0.39 is 0 Å². The highest BCUT2D eigenvalue weighted by Gasteiger charge is 2.23. The van der Waals surface area contributed by atoms with E-state index in [-0.39, 0.29) is 6.29 Å². The van der Waals surface area contributed by atoms with Crippen LogP contribution in [0.25, 0.3) is 0 Å². The van der Waals surface area contributed by atoms with Gasteiger partial charge < -0.3 is 9.47 Å². The molecular formula is C10H17BrO2. The Bertz CT molecular complexity index is 176. The third-order valence-corrected chi connectivity index (χ3v) is 2.84. The van der Waals surface area contributed by atoms with Crippen molar-refractivity contribution in [2.45, 2.75) is 37.8 Å². The van der Waals surface area contributed by atoms with Gasteiger partial charge in [-0.05, 0) is 26.7 Å². The molecule has 0 aromatic carbocycles. The topological polar surface area (TPSA) is 18.5 Å². The monoisotopic (exact) mass is 248 g/mol. The predicted octanol–water partition coefficient (Wildman–Crippen LogP) is 2.87. The van der Waals surface area contributed by atoms with Crippen LogP contribution in [-0.2, 0) is 9.47 Å². The Kier molecular flexibility index (Phi) is 4.99. The summed E-state index contributed by atoms with van der Waals surface area (Å²) in [5.74, 6) is 0. The molecule has 1 rings (SSSR count). The van der Waals surface area contributed by atoms with Crippen molar-refractivity contribution in [1.82, 2.24) is 0 Å². The standard InChI is InChI=1S/C10H17BrO2/c1-8(2)5-7-13-10-9(11)4-3-6-12-10/h5,9-10H,3-4,6-7H2,1-2H3/t9-,10+/m1/s1. The highest BCUT2D eigenvalue weighted by molar-refractivity contribution is 9.09. The molecule has 0 N–H and O–H groups in total. The average Bonchev–Trinajstić information content (AvgIpc) is 2.08. The number of hydrogen-bond donors (Lipinski definition) is 0. The third-order valence-electron chi connectivity index (χ3n) is 1.95. The zero-order valence-corrected chi connectivity index (χ0v) is 9.84. The van der Waals surface area contributed by atoms with E-state index in [4.69, 9.17) is 9.47 Å². The van der Waals surface area contributed by atoms with Crippen LogP contribution >= 0.6 is 15.9 Å². The molecule has 76 valence electrons. The summed E-state index contributed by atoms with van der Waals surface area (Å²) in [7, 11) is 0. The SMILES string of the molecule is CC(C)=CCO[C@@H]1OCCC[C@H]1Br. The van der Waals surface area contributed by atoms with Crippen molar-refractivity contribution in [2.24, 2.45) is 0 Å². The van der Waals surface area contributed by atoms with Crippen LogP contribution < -0.4 is 0 Å². The van der Waals surface area contributed by atoms with Gasteiger partial charge in [-0.3, -0.25) is 0 Å². The van der Waals surface area contributed by atoms with Crippen LogP contribution in [-0.4, -0.2) is 24.3 Å². The highest BCUT2D eigenvalue weighted by atomic mass is 79.9. The van der Waals surface area contributed by atoms with Crippen LogP contribution in [0, 0.1) is 0 Å². The van der Waals surface area contributed by atoms with Gasteiger partial charge in [0.2, 0.25) is 0 Å². The molecule has 2 atom stereocenters. The Morgan fingerprint density at radius 2 is 2.38 bits per heavy atom. The highest BCUT2D eigenvalue weighted by Crippen LogP contribution is 2.21. The van der Waals surface area contributed by atoms with Crippen LogP contribution in [0.3, 0.4) is 0 Å². The molecule has 0 aromatic heterocycles. The summed E-state index contributed by atoms with van der Waals surface area (Å²) in [6.07, 6.45) is 4.26. The number of hydrogen-bond acceptors (Lipinski definition) is 2. The molecule has 0 aromatic rings. The maximum atomic E-state index is 5.56. The Morgan fingerprint density at radius 1 is 1.62 bits per heavy atom. The van der Waals surface area contributed by atoms with E-state index in [1.54, 1.807) is 0 Å². The van der Waals surface area contributed by atoms with E-state index in [1.807, 2.05) is 0 Å². The van der Waals surface area contributed by atoms with E-state index in [0.717, 1.165) is 19.4 Å². The van der Waals surface area contributed by atoms with Crippen molar-refractivity contribution < 1.29 is 9.47 Å². The van der Waals surface area contributed by atoms with Gasteiger partial charge in [0.05, 0.1) is 11.4 Å². The fraction of sp³-hybridized carbons (Fsp3) is 0.800. The van der Waals surface area contributed by atoms with Gasteiger partial charge in [-0.1, -0.05) is 27.6 Å². The zero-order chi connectivity index (χ0) is 9.68. The molecule has 0 spiro atoms. The van der Waals surface area contributed by atoms with Crippen molar-refractivity contribution in [3.8, 4) is 0 Å². The first-order valence-corrected chi connectivity index (χ1v) is 5.62. The Hall–Kier alpha value is 0.140. The second-order valence-corrected chi connectivity index (χ2v) is 4.69. The Morgan fingerprint density at radius 3 is 3.00 bits per heavy atom. The lowest BCUT2D eigenvalue weighted by Crippen LogP contribution is -2.32. The van der Waals surface area contributed by atoms with Gasteiger partial charge in [0.1, 0.15) is 0 Å². The van der Waals surface area contributed by atoms with E-state index in [1.165, 1.54) is 5.57 Å². The van der Waals surface area contributed by atoms with Crippen LogP contribution in [0.2, 0.25) is 0 Å². The van der Waals surface area contributed by atoms with Crippen molar-refractivity contribution in [1.29, 1.82) is 0 Å². The zero-order valence-electron chi connectivity index (χ0n) is 8.25. The lowest BCUT2D eigenvalue weighted by atomic mass is 10.2. The van der Waals surface area contributed by atoms with Crippen LogP contribution in [0.15, 0.2) is 11.6 Å². The summed E-state index contributed by atoms with van der Waals surface area (Å²) in [5.41, 5.74) is 1.28.